The SMILES string of the molecule is COCCn1c(SCC(=O)Nc2ccc(Cl)cc2)nc2c(c1=O)SC(C)C2. The van der Waals surface area contributed by atoms with E-state index in [9.17, 15) is 9.59 Å². The second-order valence-electron chi connectivity index (χ2n) is 6.10. The Balaban J connectivity index is 1.74. The van der Waals surface area contributed by atoms with Gasteiger partial charge in [0.2, 0.25) is 5.91 Å². The highest BCUT2D eigenvalue weighted by Gasteiger charge is 2.26. The fraction of sp³-hybridized carbons (Fsp3) is 0.389. The lowest BCUT2D eigenvalue weighted by Gasteiger charge is -2.13. The Morgan fingerprint density at radius 1 is 1.44 bits per heavy atom. The molecule has 0 bridgehead atoms. The van der Waals surface area contributed by atoms with Crippen molar-refractivity contribution in [3.8, 4) is 0 Å². The van der Waals surface area contributed by atoms with Crippen molar-refractivity contribution in [1.82, 2.24) is 9.55 Å². The third-order valence-electron chi connectivity index (χ3n) is 3.94. The van der Waals surface area contributed by atoms with Crippen molar-refractivity contribution < 1.29 is 9.53 Å². The molecule has 0 saturated heterocycles. The first-order chi connectivity index (χ1) is 13.0. The van der Waals surface area contributed by atoms with Crippen LogP contribution in [0.2, 0.25) is 5.02 Å². The Kier molecular flexibility index (Phi) is 6.86. The van der Waals surface area contributed by atoms with Gasteiger partial charge in [0.15, 0.2) is 5.16 Å². The van der Waals surface area contributed by atoms with Gasteiger partial charge in [-0.25, -0.2) is 4.98 Å². The Hall–Kier alpha value is -1.48. The van der Waals surface area contributed by atoms with Crippen LogP contribution in [-0.4, -0.2) is 40.2 Å². The first kappa shape index (κ1) is 20.3. The van der Waals surface area contributed by atoms with Gasteiger partial charge >= 0.3 is 0 Å². The van der Waals surface area contributed by atoms with Gasteiger partial charge in [0.05, 0.1) is 29.5 Å². The van der Waals surface area contributed by atoms with E-state index < -0.39 is 0 Å². The van der Waals surface area contributed by atoms with E-state index in [0.29, 0.717) is 39.2 Å². The second-order valence-corrected chi connectivity index (χ2v) is 8.92. The number of aromatic nitrogens is 2. The molecule has 0 spiro atoms. The second kappa shape index (κ2) is 9.14. The number of carbonyl (C=O) groups excluding carboxylic acids is 1. The minimum Gasteiger partial charge on any atom is -0.383 e. The van der Waals surface area contributed by atoms with Crippen LogP contribution < -0.4 is 10.9 Å². The van der Waals surface area contributed by atoms with Gasteiger partial charge in [0.1, 0.15) is 0 Å². The average molecular weight is 426 g/mol. The van der Waals surface area contributed by atoms with E-state index >= 15 is 0 Å². The van der Waals surface area contributed by atoms with Crippen molar-refractivity contribution in [1.29, 1.82) is 0 Å². The van der Waals surface area contributed by atoms with Crippen molar-refractivity contribution >= 4 is 46.7 Å². The van der Waals surface area contributed by atoms with Gasteiger partial charge in [-0.1, -0.05) is 30.3 Å². The third-order valence-corrected chi connectivity index (χ3v) is 6.39. The van der Waals surface area contributed by atoms with Crippen molar-refractivity contribution in [2.24, 2.45) is 0 Å². The van der Waals surface area contributed by atoms with Gasteiger partial charge in [-0.15, -0.1) is 11.8 Å². The van der Waals surface area contributed by atoms with Crippen LogP contribution in [0.25, 0.3) is 0 Å². The molecule has 0 saturated carbocycles. The molecule has 2 heterocycles. The van der Waals surface area contributed by atoms with Gasteiger partial charge in [-0.2, -0.15) is 0 Å². The highest BCUT2D eigenvalue weighted by Crippen LogP contribution is 2.34. The van der Waals surface area contributed by atoms with E-state index in [0.717, 1.165) is 12.1 Å². The molecular formula is C18H20ClN3O3S2. The molecule has 1 unspecified atom stereocenters. The fourth-order valence-electron chi connectivity index (χ4n) is 2.68. The van der Waals surface area contributed by atoms with Crippen molar-refractivity contribution in [2.75, 3.05) is 24.8 Å². The molecule has 6 nitrogen and oxygen atoms in total. The van der Waals surface area contributed by atoms with Crippen LogP contribution in [0.1, 0.15) is 12.6 Å². The number of hydrogen-bond donors (Lipinski definition) is 1. The van der Waals surface area contributed by atoms with Crippen molar-refractivity contribution in [3.05, 3.63) is 45.3 Å². The average Bonchev–Trinajstić information content (AvgIpc) is 3.02. The summed E-state index contributed by atoms with van der Waals surface area (Å²) < 4.78 is 6.72. The number of benzene rings is 1. The maximum absolute atomic E-state index is 12.8. The summed E-state index contributed by atoms with van der Waals surface area (Å²) in [6, 6.07) is 6.92. The van der Waals surface area contributed by atoms with Crippen LogP contribution in [-0.2, 0) is 22.5 Å². The Morgan fingerprint density at radius 3 is 2.89 bits per heavy atom. The zero-order valence-corrected chi connectivity index (χ0v) is 17.4. The highest BCUT2D eigenvalue weighted by molar-refractivity contribution is 8.00. The maximum Gasteiger partial charge on any atom is 0.268 e. The number of halogens is 1. The monoisotopic (exact) mass is 425 g/mol. The number of hydrogen-bond acceptors (Lipinski definition) is 6. The summed E-state index contributed by atoms with van der Waals surface area (Å²) in [5.41, 5.74) is 1.45. The van der Waals surface area contributed by atoms with Gasteiger partial charge < -0.3 is 10.1 Å². The van der Waals surface area contributed by atoms with Gasteiger partial charge in [0, 0.05) is 29.5 Å². The predicted octanol–water partition coefficient (Wildman–Crippen LogP) is 3.31. The van der Waals surface area contributed by atoms with E-state index in [1.54, 1.807) is 47.7 Å². The number of amides is 1. The van der Waals surface area contributed by atoms with E-state index in [-0.39, 0.29) is 17.2 Å². The van der Waals surface area contributed by atoms with Crippen molar-refractivity contribution in [3.63, 3.8) is 0 Å². The molecule has 1 N–H and O–H groups in total. The van der Waals surface area contributed by atoms with Crippen LogP contribution in [0.3, 0.4) is 0 Å². The lowest BCUT2D eigenvalue weighted by atomic mass is 10.2. The summed E-state index contributed by atoms with van der Waals surface area (Å²) in [7, 11) is 1.59. The largest absolute Gasteiger partial charge is 0.383 e. The third kappa shape index (κ3) is 5.07. The number of carbonyl (C=O) groups is 1. The molecule has 1 atom stereocenters. The van der Waals surface area contributed by atoms with Crippen LogP contribution in [0.4, 0.5) is 5.69 Å². The van der Waals surface area contributed by atoms with Crippen LogP contribution in [0.5, 0.6) is 0 Å². The van der Waals surface area contributed by atoms with Gasteiger partial charge in [-0.05, 0) is 24.3 Å². The number of fused-ring (bicyclic) bond motifs is 1. The maximum atomic E-state index is 12.8. The molecular weight excluding hydrogens is 406 g/mol. The molecule has 144 valence electrons. The topological polar surface area (TPSA) is 73.2 Å². The summed E-state index contributed by atoms with van der Waals surface area (Å²) in [5, 5.41) is 4.31. The normalized spacial score (nSPS) is 15.6. The zero-order chi connectivity index (χ0) is 19.4. The van der Waals surface area contributed by atoms with Gasteiger partial charge in [-0.3, -0.25) is 14.2 Å². The fourth-order valence-corrected chi connectivity index (χ4v) is 4.76. The number of rotatable bonds is 7. The first-order valence-corrected chi connectivity index (χ1v) is 10.7. The Labute approximate surface area is 171 Å². The first-order valence-electron chi connectivity index (χ1n) is 8.45. The molecule has 2 aromatic rings. The number of ether oxygens (including phenoxy) is 1. The molecule has 1 aromatic carbocycles. The summed E-state index contributed by atoms with van der Waals surface area (Å²) in [6.45, 7) is 2.90. The van der Waals surface area contributed by atoms with Gasteiger partial charge in [0.25, 0.3) is 5.56 Å². The summed E-state index contributed by atoms with van der Waals surface area (Å²) in [4.78, 5) is 30.5. The smallest absolute Gasteiger partial charge is 0.268 e. The molecule has 1 amide bonds. The van der Waals surface area contributed by atoms with E-state index in [4.69, 9.17) is 16.3 Å². The summed E-state index contributed by atoms with van der Waals surface area (Å²) in [5.74, 6) is -0.0121. The number of thioether (sulfide) groups is 2. The molecule has 0 radical (unpaired) electrons. The van der Waals surface area contributed by atoms with E-state index in [2.05, 4.69) is 17.2 Å². The molecule has 0 aliphatic carbocycles. The minimum absolute atomic E-state index is 0.0491. The lowest BCUT2D eigenvalue weighted by molar-refractivity contribution is -0.113. The summed E-state index contributed by atoms with van der Waals surface area (Å²) in [6.07, 6.45) is 0.769. The van der Waals surface area contributed by atoms with Crippen LogP contribution in [0.15, 0.2) is 39.1 Å². The lowest BCUT2D eigenvalue weighted by Crippen LogP contribution is -2.27. The molecule has 1 aliphatic rings. The van der Waals surface area contributed by atoms with E-state index in [1.807, 2.05) is 0 Å². The molecule has 27 heavy (non-hydrogen) atoms. The number of anilines is 1. The quantitative estimate of drug-likeness (QED) is 0.542. The number of nitrogens with one attached hydrogen (secondary N) is 1. The number of methoxy groups -OCH3 is 1. The molecule has 1 aromatic heterocycles. The number of nitrogens with zero attached hydrogens (tertiary/aromatic N) is 2. The molecule has 9 heteroatoms. The summed E-state index contributed by atoms with van der Waals surface area (Å²) >= 11 is 8.67. The highest BCUT2D eigenvalue weighted by atomic mass is 35.5. The Morgan fingerprint density at radius 2 is 2.19 bits per heavy atom. The van der Waals surface area contributed by atoms with E-state index in [1.165, 1.54) is 11.8 Å². The van der Waals surface area contributed by atoms with Crippen LogP contribution in [0, 0.1) is 0 Å². The molecule has 0 fully saturated rings. The Bertz CT molecular complexity index is 887. The molecule has 1 aliphatic heterocycles. The van der Waals surface area contributed by atoms with Crippen LogP contribution >= 0.6 is 35.1 Å². The standard InChI is InChI=1S/C18H20ClN3O3S2/c1-11-9-14-16(27-11)17(24)22(7-8-25-2)18(21-14)26-10-15(23)20-13-5-3-12(19)4-6-13/h3-6,11H,7-10H2,1-2H3,(H,20,23). The predicted molar refractivity (Wildman–Crippen MR) is 110 cm³/mol. The zero-order valence-electron chi connectivity index (χ0n) is 15.0. The molecule has 3 rings (SSSR count). The van der Waals surface area contributed by atoms with Crippen molar-refractivity contribution in [2.45, 2.75) is 35.2 Å². The minimum atomic E-state index is -0.168.